The monoisotopic (exact) mass is 304 g/mol. The molecule has 0 atom stereocenters. The zero-order chi connectivity index (χ0) is 15.3. The first-order valence-corrected chi connectivity index (χ1v) is 7.39. The molecule has 7 heteroatoms. The van der Waals surface area contributed by atoms with E-state index in [1.165, 1.54) is 36.7 Å². The maximum atomic E-state index is 12.1. The summed E-state index contributed by atoms with van der Waals surface area (Å²) in [5, 5.41) is 8.57. The minimum atomic E-state index is -3.71. The summed E-state index contributed by atoms with van der Waals surface area (Å²) in [6, 6.07) is 9.37. The van der Waals surface area contributed by atoms with Crippen molar-refractivity contribution in [2.24, 2.45) is 0 Å². The summed E-state index contributed by atoms with van der Waals surface area (Å²) in [4.78, 5) is 14.3. The highest BCUT2D eigenvalue weighted by molar-refractivity contribution is 7.92. The van der Waals surface area contributed by atoms with E-state index in [2.05, 4.69) is 9.71 Å². The second-order valence-corrected chi connectivity index (χ2v) is 5.77. The molecule has 2 aromatic rings. The average molecular weight is 304 g/mol. The van der Waals surface area contributed by atoms with Gasteiger partial charge in [-0.05, 0) is 35.9 Å². The van der Waals surface area contributed by atoms with E-state index >= 15 is 0 Å². The molecule has 2 N–H and O–H groups in total. The molecule has 21 heavy (non-hydrogen) atoms. The Morgan fingerprint density at radius 3 is 2.71 bits per heavy atom. The topological polar surface area (TPSA) is 96.4 Å². The molecule has 1 aromatic heterocycles. The van der Waals surface area contributed by atoms with Crippen LogP contribution in [0.4, 0.5) is 5.69 Å². The SMILES string of the molecule is O=C(O)C=Cc1cccc(NS(=O)(=O)c2cccnc2)c1. The van der Waals surface area contributed by atoms with Crippen LogP contribution >= 0.6 is 0 Å². The number of hydrogen-bond donors (Lipinski definition) is 2. The maximum absolute atomic E-state index is 12.1. The molecule has 2 rings (SSSR count). The fraction of sp³-hybridized carbons (Fsp3) is 0. The van der Waals surface area contributed by atoms with Crippen LogP contribution in [0, 0.1) is 0 Å². The predicted molar refractivity (Wildman–Crippen MR) is 78.2 cm³/mol. The second kappa shape index (κ2) is 6.19. The van der Waals surface area contributed by atoms with Crippen LogP contribution in [0.2, 0.25) is 0 Å². The number of hydrogen-bond acceptors (Lipinski definition) is 4. The number of pyridine rings is 1. The van der Waals surface area contributed by atoms with Crippen molar-refractivity contribution in [3.8, 4) is 0 Å². The van der Waals surface area contributed by atoms with Crippen molar-refractivity contribution < 1.29 is 18.3 Å². The lowest BCUT2D eigenvalue weighted by Gasteiger charge is -2.08. The minimum absolute atomic E-state index is 0.0523. The third kappa shape index (κ3) is 4.15. The van der Waals surface area contributed by atoms with Crippen molar-refractivity contribution in [2.45, 2.75) is 4.90 Å². The molecule has 0 fully saturated rings. The minimum Gasteiger partial charge on any atom is -0.478 e. The van der Waals surface area contributed by atoms with Gasteiger partial charge in [-0.1, -0.05) is 12.1 Å². The molecule has 0 unspecified atom stereocenters. The lowest BCUT2D eigenvalue weighted by molar-refractivity contribution is -0.131. The van der Waals surface area contributed by atoms with Gasteiger partial charge in [0.05, 0.1) is 0 Å². The van der Waals surface area contributed by atoms with E-state index in [-0.39, 0.29) is 4.90 Å². The molecule has 1 heterocycles. The quantitative estimate of drug-likeness (QED) is 0.823. The molecule has 0 aliphatic heterocycles. The summed E-state index contributed by atoms with van der Waals surface area (Å²) < 4.78 is 26.6. The maximum Gasteiger partial charge on any atom is 0.328 e. The number of aliphatic carboxylic acids is 1. The molecule has 0 radical (unpaired) electrons. The van der Waals surface area contributed by atoms with E-state index in [9.17, 15) is 13.2 Å². The van der Waals surface area contributed by atoms with Gasteiger partial charge in [0.15, 0.2) is 0 Å². The molecule has 0 amide bonds. The number of anilines is 1. The van der Waals surface area contributed by atoms with Crippen LogP contribution in [-0.4, -0.2) is 24.5 Å². The van der Waals surface area contributed by atoms with Crippen LogP contribution < -0.4 is 4.72 Å². The molecular weight excluding hydrogens is 292 g/mol. The van der Waals surface area contributed by atoms with Gasteiger partial charge in [-0.3, -0.25) is 9.71 Å². The fourth-order valence-electron chi connectivity index (χ4n) is 1.59. The Labute approximate surface area is 121 Å². The number of carbonyl (C=O) groups is 1. The van der Waals surface area contributed by atoms with Crippen molar-refractivity contribution in [1.82, 2.24) is 4.98 Å². The van der Waals surface area contributed by atoms with Crippen LogP contribution in [0.5, 0.6) is 0 Å². The first-order chi connectivity index (χ1) is 9.97. The van der Waals surface area contributed by atoms with Crippen LogP contribution in [0.25, 0.3) is 6.08 Å². The first kappa shape index (κ1) is 14.7. The lowest BCUT2D eigenvalue weighted by Crippen LogP contribution is -2.13. The predicted octanol–water partition coefficient (Wildman–Crippen LogP) is 1.98. The highest BCUT2D eigenvalue weighted by Gasteiger charge is 2.13. The summed E-state index contributed by atoms with van der Waals surface area (Å²) in [5.74, 6) is -1.07. The number of benzene rings is 1. The lowest BCUT2D eigenvalue weighted by atomic mass is 10.2. The van der Waals surface area contributed by atoms with Gasteiger partial charge in [-0.2, -0.15) is 0 Å². The van der Waals surface area contributed by atoms with E-state index in [1.807, 2.05) is 0 Å². The van der Waals surface area contributed by atoms with Crippen LogP contribution in [-0.2, 0) is 14.8 Å². The highest BCUT2D eigenvalue weighted by atomic mass is 32.2. The van der Waals surface area contributed by atoms with Gasteiger partial charge >= 0.3 is 5.97 Å². The average Bonchev–Trinajstić information content (AvgIpc) is 2.46. The fourth-order valence-corrected chi connectivity index (χ4v) is 2.61. The van der Waals surface area contributed by atoms with Gasteiger partial charge in [0.2, 0.25) is 0 Å². The number of nitrogens with zero attached hydrogens (tertiary/aromatic N) is 1. The summed E-state index contributed by atoms with van der Waals surface area (Å²) >= 11 is 0. The Morgan fingerprint density at radius 2 is 2.05 bits per heavy atom. The first-order valence-electron chi connectivity index (χ1n) is 5.91. The Bertz CT molecular complexity index is 771. The van der Waals surface area contributed by atoms with Crippen molar-refractivity contribution >= 4 is 27.8 Å². The number of carboxylic acids is 1. The number of sulfonamides is 1. The molecule has 0 saturated carbocycles. The molecule has 108 valence electrons. The van der Waals surface area contributed by atoms with Crippen LogP contribution in [0.3, 0.4) is 0 Å². The van der Waals surface area contributed by atoms with Crippen molar-refractivity contribution in [3.05, 3.63) is 60.4 Å². The molecular formula is C14H12N2O4S. The van der Waals surface area contributed by atoms with Gasteiger partial charge in [0.25, 0.3) is 10.0 Å². The number of aromatic nitrogens is 1. The normalized spacial score (nSPS) is 11.4. The molecule has 1 aromatic carbocycles. The van der Waals surface area contributed by atoms with Crippen LogP contribution in [0.15, 0.2) is 59.8 Å². The number of nitrogens with one attached hydrogen (secondary N) is 1. The van der Waals surface area contributed by atoms with Gasteiger partial charge in [-0.15, -0.1) is 0 Å². The largest absolute Gasteiger partial charge is 0.478 e. The Kier molecular flexibility index (Phi) is 4.34. The van der Waals surface area contributed by atoms with Gasteiger partial charge in [0.1, 0.15) is 4.90 Å². The summed E-state index contributed by atoms with van der Waals surface area (Å²) in [6.07, 6.45) is 5.09. The van der Waals surface area contributed by atoms with Crippen molar-refractivity contribution in [1.29, 1.82) is 0 Å². The second-order valence-electron chi connectivity index (χ2n) is 4.09. The Morgan fingerprint density at radius 1 is 1.24 bits per heavy atom. The van der Waals surface area contributed by atoms with Gasteiger partial charge in [-0.25, -0.2) is 13.2 Å². The van der Waals surface area contributed by atoms with Crippen molar-refractivity contribution in [2.75, 3.05) is 4.72 Å². The van der Waals surface area contributed by atoms with Crippen molar-refractivity contribution in [3.63, 3.8) is 0 Å². The highest BCUT2D eigenvalue weighted by Crippen LogP contribution is 2.17. The summed E-state index contributed by atoms with van der Waals surface area (Å²) in [6.45, 7) is 0. The third-order valence-electron chi connectivity index (χ3n) is 2.50. The third-order valence-corrected chi connectivity index (χ3v) is 3.87. The van der Waals surface area contributed by atoms with E-state index in [0.29, 0.717) is 11.3 Å². The molecule has 0 bridgehead atoms. The standard InChI is InChI=1S/C14H12N2O4S/c17-14(18)7-6-11-3-1-4-12(9-11)16-21(19,20)13-5-2-8-15-10-13/h1-10,16H,(H,17,18). The summed E-state index contributed by atoms with van der Waals surface area (Å²) in [5.41, 5.74) is 0.912. The Balaban J connectivity index is 2.24. The zero-order valence-electron chi connectivity index (χ0n) is 10.8. The summed E-state index contributed by atoms with van der Waals surface area (Å²) in [7, 11) is -3.71. The van der Waals surface area contributed by atoms with Crippen LogP contribution in [0.1, 0.15) is 5.56 Å². The van der Waals surface area contributed by atoms with Gasteiger partial charge in [0, 0.05) is 24.2 Å². The Hall–Kier alpha value is -2.67. The smallest absolute Gasteiger partial charge is 0.328 e. The van der Waals surface area contributed by atoms with E-state index in [0.717, 1.165) is 6.08 Å². The number of carboxylic acid groups (broad SMARTS) is 1. The molecule has 0 aliphatic carbocycles. The van der Waals surface area contributed by atoms with Gasteiger partial charge < -0.3 is 5.11 Å². The van der Waals surface area contributed by atoms with E-state index in [4.69, 9.17) is 5.11 Å². The molecule has 6 nitrogen and oxygen atoms in total. The van der Waals surface area contributed by atoms with E-state index in [1.54, 1.807) is 18.2 Å². The molecule has 0 spiro atoms. The van der Waals surface area contributed by atoms with E-state index < -0.39 is 16.0 Å². The molecule has 0 saturated heterocycles. The zero-order valence-corrected chi connectivity index (χ0v) is 11.6. The number of rotatable bonds is 5. The molecule has 0 aliphatic rings.